The molecule has 2 aromatic rings. The van der Waals surface area contributed by atoms with Crippen molar-refractivity contribution in [2.45, 2.75) is 19.5 Å². The molecule has 4 nitrogen and oxygen atoms in total. The van der Waals surface area contributed by atoms with Crippen molar-refractivity contribution >= 4 is 0 Å². The number of benzene rings is 1. The maximum Gasteiger partial charge on any atom is 0.124 e. The summed E-state index contributed by atoms with van der Waals surface area (Å²) in [7, 11) is 0. The van der Waals surface area contributed by atoms with Crippen LogP contribution in [0.25, 0.3) is 0 Å². The number of para-hydroxylation sites is 1. The molecule has 0 spiro atoms. The summed E-state index contributed by atoms with van der Waals surface area (Å²) in [4.78, 5) is 3.98. The molecule has 0 saturated heterocycles. The third-order valence-electron chi connectivity index (χ3n) is 2.58. The molecule has 0 bridgehead atoms. The van der Waals surface area contributed by atoms with Crippen molar-refractivity contribution in [2.24, 2.45) is 5.73 Å². The van der Waals surface area contributed by atoms with Gasteiger partial charge in [-0.25, -0.2) is 4.98 Å². The summed E-state index contributed by atoms with van der Waals surface area (Å²) in [5.41, 5.74) is 6.93. The fourth-order valence-electron chi connectivity index (χ4n) is 1.67. The Labute approximate surface area is 101 Å². The number of aromatic nitrogens is 2. The predicted octanol–water partition coefficient (Wildman–Crippen LogP) is 1.98. The van der Waals surface area contributed by atoms with Crippen molar-refractivity contribution in [3.63, 3.8) is 0 Å². The van der Waals surface area contributed by atoms with Crippen LogP contribution in [0.15, 0.2) is 43.0 Å². The molecule has 0 aliphatic carbocycles. The Hall–Kier alpha value is -1.81. The Balaban J connectivity index is 1.94. The van der Waals surface area contributed by atoms with Gasteiger partial charge in [0.2, 0.25) is 0 Å². The van der Waals surface area contributed by atoms with Gasteiger partial charge in [-0.05, 0) is 13.0 Å². The van der Waals surface area contributed by atoms with Gasteiger partial charge in [-0.3, -0.25) is 0 Å². The highest BCUT2D eigenvalue weighted by atomic mass is 16.5. The van der Waals surface area contributed by atoms with Crippen LogP contribution in [0.2, 0.25) is 0 Å². The highest BCUT2D eigenvalue weighted by molar-refractivity contribution is 5.35. The van der Waals surface area contributed by atoms with Crippen LogP contribution in [0.1, 0.15) is 18.5 Å². The van der Waals surface area contributed by atoms with E-state index in [1.165, 1.54) is 0 Å². The van der Waals surface area contributed by atoms with E-state index in [-0.39, 0.29) is 6.04 Å². The molecule has 1 atom stereocenters. The molecule has 2 N–H and O–H groups in total. The van der Waals surface area contributed by atoms with E-state index < -0.39 is 0 Å². The van der Waals surface area contributed by atoms with Gasteiger partial charge in [-0.15, -0.1) is 0 Å². The van der Waals surface area contributed by atoms with Crippen LogP contribution < -0.4 is 10.5 Å². The molecule has 4 heteroatoms. The van der Waals surface area contributed by atoms with Crippen LogP contribution >= 0.6 is 0 Å². The van der Waals surface area contributed by atoms with Crippen LogP contribution in [-0.4, -0.2) is 16.2 Å². The molecule has 1 aromatic heterocycles. The molecule has 1 heterocycles. The monoisotopic (exact) mass is 231 g/mol. The van der Waals surface area contributed by atoms with Crippen molar-refractivity contribution in [1.82, 2.24) is 9.55 Å². The van der Waals surface area contributed by atoms with Gasteiger partial charge in [0.15, 0.2) is 0 Å². The van der Waals surface area contributed by atoms with Crippen molar-refractivity contribution in [3.05, 3.63) is 48.5 Å². The summed E-state index contributed by atoms with van der Waals surface area (Å²) in [5.74, 6) is 0.864. The van der Waals surface area contributed by atoms with Crippen molar-refractivity contribution in [3.8, 4) is 5.75 Å². The first-order valence-corrected chi connectivity index (χ1v) is 5.70. The third-order valence-corrected chi connectivity index (χ3v) is 2.58. The molecule has 0 fully saturated rings. The van der Waals surface area contributed by atoms with E-state index in [0.717, 1.165) is 17.9 Å². The maximum absolute atomic E-state index is 5.89. The molecule has 1 aromatic carbocycles. The number of hydrogen-bond acceptors (Lipinski definition) is 3. The lowest BCUT2D eigenvalue weighted by Crippen LogP contribution is -2.11. The predicted molar refractivity (Wildman–Crippen MR) is 66.8 cm³/mol. The topological polar surface area (TPSA) is 53.1 Å². The number of imidazole rings is 1. The molecule has 0 radical (unpaired) electrons. The van der Waals surface area contributed by atoms with Crippen LogP contribution in [0, 0.1) is 0 Å². The SMILES string of the molecule is CC(N)c1ccccc1OCCn1ccnc1. The summed E-state index contributed by atoms with van der Waals surface area (Å²) >= 11 is 0. The molecular formula is C13H17N3O. The molecule has 0 amide bonds. The Morgan fingerprint density at radius 3 is 2.94 bits per heavy atom. The number of ether oxygens (including phenoxy) is 1. The molecule has 2 rings (SSSR count). The lowest BCUT2D eigenvalue weighted by Gasteiger charge is -2.13. The van der Waals surface area contributed by atoms with Gasteiger partial charge in [-0.1, -0.05) is 18.2 Å². The zero-order chi connectivity index (χ0) is 12.1. The Morgan fingerprint density at radius 1 is 1.41 bits per heavy atom. The van der Waals surface area contributed by atoms with Gasteiger partial charge >= 0.3 is 0 Å². The van der Waals surface area contributed by atoms with Crippen LogP contribution in [0.3, 0.4) is 0 Å². The third kappa shape index (κ3) is 3.07. The van der Waals surface area contributed by atoms with Gasteiger partial charge in [0, 0.05) is 24.0 Å². The van der Waals surface area contributed by atoms with Crippen molar-refractivity contribution < 1.29 is 4.74 Å². The van der Waals surface area contributed by atoms with Crippen molar-refractivity contribution in [1.29, 1.82) is 0 Å². The van der Waals surface area contributed by atoms with E-state index >= 15 is 0 Å². The Bertz CT molecular complexity index is 451. The largest absolute Gasteiger partial charge is 0.491 e. The second-order valence-electron chi connectivity index (χ2n) is 3.98. The molecule has 17 heavy (non-hydrogen) atoms. The van der Waals surface area contributed by atoms with E-state index in [4.69, 9.17) is 10.5 Å². The number of nitrogens with two attached hydrogens (primary N) is 1. The van der Waals surface area contributed by atoms with E-state index in [1.54, 1.807) is 12.5 Å². The standard InChI is InChI=1S/C13H17N3O/c1-11(14)12-4-2-3-5-13(12)17-9-8-16-7-6-15-10-16/h2-7,10-11H,8-9,14H2,1H3. The Morgan fingerprint density at radius 2 is 2.24 bits per heavy atom. The molecule has 0 aliphatic rings. The average Bonchev–Trinajstić information content (AvgIpc) is 2.82. The molecule has 0 saturated carbocycles. The van der Waals surface area contributed by atoms with Crippen LogP contribution in [0.4, 0.5) is 0 Å². The van der Waals surface area contributed by atoms with Gasteiger partial charge in [0.05, 0.1) is 12.9 Å². The quantitative estimate of drug-likeness (QED) is 0.856. The molecule has 1 unspecified atom stereocenters. The first kappa shape index (κ1) is 11.7. The van der Waals surface area contributed by atoms with Gasteiger partial charge < -0.3 is 15.0 Å². The zero-order valence-corrected chi connectivity index (χ0v) is 9.91. The van der Waals surface area contributed by atoms with Gasteiger partial charge in [0.25, 0.3) is 0 Å². The zero-order valence-electron chi connectivity index (χ0n) is 9.91. The second kappa shape index (κ2) is 5.50. The minimum Gasteiger partial charge on any atom is -0.491 e. The van der Waals surface area contributed by atoms with E-state index in [2.05, 4.69) is 4.98 Å². The minimum atomic E-state index is -0.0144. The fourth-order valence-corrected chi connectivity index (χ4v) is 1.67. The first-order valence-electron chi connectivity index (χ1n) is 5.70. The molecule has 90 valence electrons. The second-order valence-corrected chi connectivity index (χ2v) is 3.98. The summed E-state index contributed by atoms with van der Waals surface area (Å²) in [6.07, 6.45) is 5.46. The van der Waals surface area contributed by atoms with Crippen molar-refractivity contribution in [2.75, 3.05) is 6.61 Å². The Kier molecular flexibility index (Phi) is 3.77. The highest BCUT2D eigenvalue weighted by Crippen LogP contribution is 2.22. The average molecular weight is 231 g/mol. The minimum absolute atomic E-state index is 0.0144. The maximum atomic E-state index is 5.89. The smallest absolute Gasteiger partial charge is 0.124 e. The highest BCUT2D eigenvalue weighted by Gasteiger charge is 2.06. The number of hydrogen-bond donors (Lipinski definition) is 1. The van der Waals surface area contributed by atoms with Gasteiger partial charge in [0.1, 0.15) is 12.4 Å². The number of rotatable bonds is 5. The van der Waals surface area contributed by atoms with E-state index in [1.807, 2.05) is 42.0 Å². The summed E-state index contributed by atoms with van der Waals surface area (Å²) in [6, 6.07) is 7.86. The van der Waals surface area contributed by atoms with Gasteiger partial charge in [-0.2, -0.15) is 0 Å². The fraction of sp³-hybridized carbons (Fsp3) is 0.308. The van der Waals surface area contributed by atoms with Crippen LogP contribution in [-0.2, 0) is 6.54 Å². The molecular weight excluding hydrogens is 214 g/mol. The van der Waals surface area contributed by atoms with E-state index in [9.17, 15) is 0 Å². The first-order chi connectivity index (χ1) is 8.27. The molecule has 0 aliphatic heterocycles. The normalized spacial score (nSPS) is 12.4. The summed E-state index contributed by atoms with van der Waals surface area (Å²) in [5, 5.41) is 0. The van der Waals surface area contributed by atoms with Crippen LogP contribution in [0.5, 0.6) is 5.75 Å². The number of nitrogens with zero attached hydrogens (tertiary/aromatic N) is 2. The summed E-state index contributed by atoms with van der Waals surface area (Å²) < 4.78 is 7.72. The summed E-state index contributed by atoms with van der Waals surface area (Å²) in [6.45, 7) is 3.35. The lowest BCUT2D eigenvalue weighted by atomic mass is 10.1. The lowest BCUT2D eigenvalue weighted by molar-refractivity contribution is 0.294. The van der Waals surface area contributed by atoms with E-state index in [0.29, 0.717) is 6.61 Å².